The van der Waals surface area contributed by atoms with Gasteiger partial charge in [-0.2, -0.15) is 15.0 Å². The van der Waals surface area contributed by atoms with E-state index in [4.69, 9.17) is 4.74 Å². The average molecular weight is 279 g/mol. The Morgan fingerprint density at radius 3 is 2.65 bits per heavy atom. The van der Waals surface area contributed by atoms with Crippen LogP contribution < -0.4 is 15.0 Å². The van der Waals surface area contributed by atoms with Crippen molar-refractivity contribution in [3.05, 3.63) is 0 Å². The number of hydrogen-bond donors (Lipinski definition) is 1. The fraction of sp³-hybridized carbons (Fsp3) is 0.786. The molecule has 20 heavy (non-hydrogen) atoms. The predicted molar refractivity (Wildman–Crippen MR) is 80.4 cm³/mol. The van der Waals surface area contributed by atoms with Crippen LogP contribution in [0.1, 0.15) is 39.0 Å². The lowest BCUT2D eigenvalue weighted by Gasteiger charge is -2.21. The molecule has 1 heterocycles. The van der Waals surface area contributed by atoms with E-state index in [9.17, 15) is 0 Å². The molecule has 0 bridgehead atoms. The number of rotatable bonds is 7. The lowest BCUT2D eigenvalue weighted by atomic mass is 10.1. The van der Waals surface area contributed by atoms with Crippen LogP contribution in [0.25, 0.3) is 0 Å². The molecule has 1 N–H and O–H groups in total. The largest absolute Gasteiger partial charge is 0.467 e. The quantitative estimate of drug-likeness (QED) is 0.826. The van der Waals surface area contributed by atoms with E-state index in [0.717, 1.165) is 25.4 Å². The number of nitrogens with zero attached hydrogens (tertiary/aromatic N) is 4. The second kappa shape index (κ2) is 7.26. The number of aromatic nitrogens is 3. The van der Waals surface area contributed by atoms with Crippen molar-refractivity contribution in [3.8, 4) is 6.01 Å². The molecular weight excluding hydrogens is 254 g/mol. The number of hydrogen-bond acceptors (Lipinski definition) is 6. The first kappa shape index (κ1) is 14.8. The smallest absolute Gasteiger partial charge is 0.322 e. The van der Waals surface area contributed by atoms with Crippen LogP contribution in [0.4, 0.5) is 11.9 Å². The first-order valence-corrected chi connectivity index (χ1v) is 7.48. The molecule has 0 aromatic carbocycles. The molecule has 1 aliphatic carbocycles. The van der Waals surface area contributed by atoms with Gasteiger partial charge >= 0.3 is 6.01 Å². The van der Waals surface area contributed by atoms with Crippen LogP contribution in [-0.4, -0.2) is 42.2 Å². The molecule has 0 spiro atoms. The molecule has 112 valence electrons. The topological polar surface area (TPSA) is 63.2 Å². The summed E-state index contributed by atoms with van der Waals surface area (Å²) in [6, 6.07) is 0.367. The van der Waals surface area contributed by atoms with Crippen LogP contribution in [0.2, 0.25) is 0 Å². The van der Waals surface area contributed by atoms with Crippen LogP contribution in [0.15, 0.2) is 0 Å². The van der Waals surface area contributed by atoms with E-state index in [-0.39, 0.29) is 0 Å². The summed E-state index contributed by atoms with van der Waals surface area (Å²) in [6.07, 6.45) is 6.35. The van der Waals surface area contributed by atoms with E-state index in [1.165, 1.54) is 25.7 Å². The molecule has 0 aliphatic heterocycles. The standard InChI is InChI=1S/C14H25N5O/c1-4-9-15-12-16-13(18-14(17-12)20-3)19(2)10-11-7-5-6-8-11/h11H,4-10H2,1-3H3,(H,15,16,17,18). The Morgan fingerprint density at radius 2 is 2.00 bits per heavy atom. The molecule has 1 aromatic rings. The molecule has 0 atom stereocenters. The van der Waals surface area contributed by atoms with Crippen molar-refractivity contribution >= 4 is 11.9 Å². The third kappa shape index (κ3) is 3.95. The zero-order chi connectivity index (χ0) is 14.4. The Labute approximate surface area is 121 Å². The first-order chi connectivity index (χ1) is 9.72. The fourth-order valence-electron chi connectivity index (χ4n) is 2.59. The van der Waals surface area contributed by atoms with E-state index in [1.807, 2.05) is 7.05 Å². The minimum absolute atomic E-state index is 0.367. The van der Waals surface area contributed by atoms with Gasteiger partial charge in [0.1, 0.15) is 0 Å². The highest BCUT2D eigenvalue weighted by Gasteiger charge is 2.19. The van der Waals surface area contributed by atoms with Crippen LogP contribution in [0, 0.1) is 5.92 Å². The van der Waals surface area contributed by atoms with Crippen LogP contribution in [0.5, 0.6) is 6.01 Å². The normalized spacial score (nSPS) is 15.3. The lowest BCUT2D eigenvalue weighted by Crippen LogP contribution is -2.26. The molecular formula is C14H25N5O. The molecule has 1 saturated carbocycles. The first-order valence-electron chi connectivity index (χ1n) is 7.48. The average Bonchev–Trinajstić information content (AvgIpc) is 2.97. The Balaban J connectivity index is 2.07. The summed E-state index contributed by atoms with van der Waals surface area (Å²) >= 11 is 0. The summed E-state index contributed by atoms with van der Waals surface area (Å²) in [4.78, 5) is 15.1. The number of methoxy groups -OCH3 is 1. The van der Waals surface area contributed by atoms with E-state index >= 15 is 0 Å². The van der Waals surface area contributed by atoms with E-state index in [1.54, 1.807) is 7.11 Å². The number of anilines is 2. The number of ether oxygens (including phenoxy) is 1. The molecule has 6 heteroatoms. The van der Waals surface area contributed by atoms with Crippen molar-refractivity contribution < 1.29 is 4.74 Å². The van der Waals surface area contributed by atoms with Gasteiger partial charge in [0, 0.05) is 20.1 Å². The molecule has 1 aromatic heterocycles. The van der Waals surface area contributed by atoms with Gasteiger partial charge in [0.2, 0.25) is 11.9 Å². The number of nitrogens with one attached hydrogen (secondary N) is 1. The van der Waals surface area contributed by atoms with Gasteiger partial charge in [-0.25, -0.2) is 0 Å². The molecule has 0 unspecified atom stereocenters. The van der Waals surface area contributed by atoms with Gasteiger partial charge in [-0.05, 0) is 25.2 Å². The van der Waals surface area contributed by atoms with Crippen molar-refractivity contribution in [3.63, 3.8) is 0 Å². The van der Waals surface area contributed by atoms with Crippen molar-refractivity contribution in [1.29, 1.82) is 0 Å². The summed E-state index contributed by atoms with van der Waals surface area (Å²) in [5.41, 5.74) is 0. The van der Waals surface area contributed by atoms with E-state index in [2.05, 4.69) is 32.1 Å². The van der Waals surface area contributed by atoms with Crippen molar-refractivity contribution in [1.82, 2.24) is 15.0 Å². The summed E-state index contributed by atoms with van der Waals surface area (Å²) in [5.74, 6) is 2.03. The molecule has 6 nitrogen and oxygen atoms in total. The van der Waals surface area contributed by atoms with Crippen LogP contribution in [-0.2, 0) is 0 Å². The Kier molecular flexibility index (Phi) is 5.38. The van der Waals surface area contributed by atoms with Crippen LogP contribution >= 0.6 is 0 Å². The van der Waals surface area contributed by atoms with Gasteiger partial charge in [-0.3, -0.25) is 0 Å². The molecule has 1 fully saturated rings. The predicted octanol–water partition coefficient (Wildman–Crippen LogP) is 2.33. The second-order valence-electron chi connectivity index (χ2n) is 5.40. The van der Waals surface area contributed by atoms with E-state index < -0.39 is 0 Å². The van der Waals surface area contributed by atoms with Gasteiger partial charge in [-0.1, -0.05) is 19.8 Å². The van der Waals surface area contributed by atoms with E-state index in [0.29, 0.717) is 17.9 Å². The zero-order valence-electron chi connectivity index (χ0n) is 12.7. The maximum Gasteiger partial charge on any atom is 0.322 e. The summed E-state index contributed by atoms with van der Waals surface area (Å²) < 4.78 is 5.17. The monoisotopic (exact) mass is 279 g/mol. The SMILES string of the molecule is CCCNc1nc(OC)nc(N(C)CC2CCCC2)n1. The van der Waals surface area contributed by atoms with Gasteiger partial charge in [0.05, 0.1) is 7.11 Å². The highest BCUT2D eigenvalue weighted by molar-refractivity contribution is 5.37. The molecule has 0 radical (unpaired) electrons. The summed E-state index contributed by atoms with van der Waals surface area (Å²) in [5, 5.41) is 3.19. The van der Waals surface area contributed by atoms with Crippen molar-refractivity contribution in [2.45, 2.75) is 39.0 Å². The second-order valence-corrected chi connectivity index (χ2v) is 5.40. The van der Waals surface area contributed by atoms with Gasteiger partial charge < -0.3 is 15.0 Å². The zero-order valence-corrected chi connectivity index (χ0v) is 12.7. The minimum Gasteiger partial charge on any atom is -0.467 e. The highest BCUT2D eigenvalue weighted by atomic mass is 16.5. The Morgan fingerprint density at radius 1 is 1.25 bits per heavy atom. The van der Waals surface area contributed by atoms with Gasteiger partial charge in [0.25, 0.3) is 0 Å². The van der Waals surface area contributed by atoms with Gasteiger partial charge in [0.15, 0.2) is 0 Å². The minimum atomic E-state index is 0.367. The molecule has 1 aliphatic rings. The fourth-order valence-corrected chi connectivity index (χ4v) is 2.59. The highest BCUT2D eigenvalue weighted by Crippen LogP contribution is 2.26. The summed E-state index contributed by atoms with van der Waals surface area (Å²) in [7, 11) is 3.62. The maximum absolute atomic E-state index is 5.17. The Bertz CT molecular complexity index is 420. The van der Waals surface area contributed by atoms with Crippen molar-refractivity contribution in [2.24, 2.45) is 5.92 Å². The summed E-state index contributed by atoms with van der Waals surface area (Å²) in [6.45, 7) is 3.96. The van der Waals surface area contributed by atoms with Crippen molar-refractivity contribution in [2.75, 3.05) is 37.5 Å². The molecule has 0 saturated heterocycles. The molecule has 2 rings (SSSR count). The Hall–Kier alpha value is -1.59. The lowest BCUT2D eigenvalue weighted by molar-refractivity contribution is 0.378. The maximum atomic E-state index is 5.17. The third-order valence-corrected chi connectivity index (χ3v) is 3.67. The third-order valence-electron chi connectivity index (χ3n) is 3.67. The van der Waals surface area contributed by atoms with Crippen LogP contribution in [0.3, 0.4) is 0 Å². The van der Waals surface area contributed by atoms with Gasteiger partial charge in [-0.15, -0.1) is 0 Å². The molecule has 0 amide bonds.